The molecule has 90 valence electrons. The Balaban J connectivity index is 2.04. The van der Waals surface area contributed by atoms with Crippen LogP contribution < -0.4 is 9.47 Å². The normalized spacial score (nSPS) is 10.2. The third-order valence-electron chi connectivity index (χ3n) is 1.76. The Morgan fingerprint density at radius 1 is 1.24 bits per heavy atom. The van der Waals surface area contributed by atoms with Crippen molar-refractivity contribution >= 4 is 22.9 Å². The first-order chi connectivity index (χ1) is 8.28. The highest BCUT2D eigenvalue weighted by Crippen LogP contribution is 2.16. The lowest BCUT2D eigenvalue weighted by atomic mass is 10.5. The number of hydrogen-bond donors (Lipinski definition) is 0. The number of rotatable bonds is 5. The lowest BCUT2D eigenvalue weighted by Crippen LogP contribution is -2.03. The molecule has 0 radical (unpaired) electrons. The zero-order chi connectivity index (χ0) is 12.1. The molecule has 17 heavy (non-hydrogen) atoms. The highest BCUT2D eigenvalue weighted by Gasteiger charge is 2.07. The van der Waals surface area contributed by atoms with Crippen molar-refractivity contribution in [1.29, 1.82) is 0 Å². The minimum Gasteiger partial charge on any atom is -0.464 e. The highest BCUT2D eigenvalue weighted by atomic mass is 35.5. The van der Waals surface area contributed by atoms with Crippen LogP contribution in [-0.4, -0.2) is 21.6 Å². The number of halogens is 1. The van der Waals surface area contributed by atoms with Gasteiger partial charge in [0.25, 0.3) is 0 Å². The minimum atomic E-state index is 0.0598. The Kier molecular flexibility index (Phi) is 4.11. The maximum Gasteiger partial charge on any atom is 0.324 e. The molecule has 0 aliphatic carbocycles. The monoisotopic (exact) mass is 271 g/mol. The number of nitrogens with zero attached hydrogens (tertiary/aromatic N) is 3. The smallest absolute Gasteiger partial charge is 0.324 e. The second-order valence-electron chi connectivity index (χ2n) is 2.97. The van der Waals surface area contributed by atoms with Gasteiger partial charge in [-0.1, -0.05) is 6.07 Å². The number of ether oxygens (including phenoxy) is 2. The quantitative estimate of drug-likeness (QED) is 0.836. The zero-order valence-corrected chi connectivity index (χ0v) is 10.7. The molecule has 2 aromatic rings. The lowest BCUT2D eigenvalue weighted by molar-refractivity contribution is 0.263. The standard InChI is InChI=1S/C10H10ClN3O2S/c1-2-15-9-12-8(11)13-10(14-9)16-6-7-4-3-5-17-7/h3-5H,2,6H2,1H3. The maximum atomic E-state index is 5.73. The number of aromatic nitrogens is 3. The fourth-order valence-corrected chi connectivity index (χ4v) is 1.86. The topological polar surface area (TPSA) is 57.1 Å². The minimum absolute atomic E-state index is 0.0598. The van der Waals surface area contributed by atoms with E-state index in [0.29, 0.717) is 13.2 Å². The van der Waals surface area contributed by atoms with E-state index in [1.807, 2.05) is 24.4 Å². The highest BCUT2D eigenvalue weighted by molar-refractivity contribution is 7.09. The fraction of sp³-hybridized carbons (Fsp3) is 0.300. The van der Waals surface area contributed by atoms with Crippen LogP contribution in [0.4, 0.5) is 0 Å². The molecule has 0 bridgehead atoms. The third kappa shape index (κ3) is 3.54. The van der Waals surface area contributed by atoms with Gasteiger partial charge in [-0.3, -0.25) is 0 Å². The molecule has 0 spiro atoms. The van der Waals surface area contributed by atoms with Crippen molar-refractivity contribution in [3.63, 3.8) is 0 Å². The Morgan fingerprint density at radius 3 is 2.65 bits per heavy atom. The average Bonchev–Trinajstić information content (AvgIpc) is 2.79. The summed E-state index contributed by atoms with van der Waals surface area (Å²) in [6, 6.07) is 4.27. The van der Waals surface area contributed by atoms with Crippen molar-refractivity contribution in [2.24, 2.45) is 0 Å². The predicted octanol–water partition coefficient (Wildman–Crippen LogP) is 2.56. The fourth-order valence-electron chi connectivity index (χ4n) is 1.10. The Morgan fingerprint density at radius 2 is 2.00 bits per heavy atom. The van der Waals surface area contributed by atoms with Crippen LogP contribution in [0.15, 0.2) is 17.5 Å². The van der Waals surface area contributed by atoms with Gasteiger partial charge < -0.3 is 9.47 Å². The molecular weight excluding hydrogens is 262 g/mol. The van der Waals surface area contributed by atoms with Crippen LogP contribution in [0.1, 0.15) is 11.8 Å². The van der Waals surface area contributed by atoms with Gasteiger partial charge in [0.15, 0.2) is 0 Å². The van der Waals surface area contributed by atoms with Crippen LogP contribution in [0.5, 0.6) is 12.0 Å². The molecule has 0 atom stereocenters. The van der Waals surface area contributed by atoms with Gasteiger partial charge in [-0.25, -0.2) is 0 Å². The SMILES string of the molecule is CCOc1nc(Cl)nc(OCc2cccs2)n1. The molecule has 0 aliphatic rings. The first kappa shape index (κ1) is 12.1. The molecule has 5 nitrogen and oxygen atoms in total. The van der Waals surface area contributed by atoms with E-state index in [4.69, 9.17) is 21.1 Å². The molecule has 7 heteroatoms. The van der Waals surface area contributed by atoms with Crippen LogP contribution in [0.3, 0.4) is 0 Å². The molecule has 0 amide bonds. The van der Waals surface area contributed by atoms with E-state index < -0.39 is 0 Å². The third-order valence-corrected chi connectivity index (χ3v) is 2.78. The second kappa shape index (κ2) is 5.79. The van der Waals surface area contributed by atoms with E-state index in [0.717, 1.165) is 4.88 Å². The molecule has 0 unspecified atom stereocenters. The van der Waals surface area contributed by atoms with Crippen molar-refractivity contribution in [2.45, 2.75) is 13.5 Å². The first-order valence-electron chi connectivity index (χ1n) is 4.97. The van der Waals surface area contributed by atoms with Gasteiger partial charge in [0, 0.05) is 4.88 Å². The first-order valence-corrected chi connectivity index (χ1v) is 6.23. The average molecular weight is 272 g/mol. The van der Waals surface area contributed by atoms with Gasteiger partial charge in [-0.15, -0.1) is 16.3 Å². The summed E-state index contributed by atoms with van der Waals surface area (Å²) in [5.74, 6) is 0. The largest absolute Gasteiger partial charge is 0.464 e. The molecule has 0 saturated carbocycles. The van der Waals surface area contributed by atoms with E-state index in [2.05, 4.69) is 15.0 Å². The van der Waals surface area contributed by atoms with Crippen molar-refractivity contribution in [3.05, 3.63) is 27.7 Å². The van der Waals surface area contributed by atoms with Crippen LogP contribution in [0.25, 0.3) is 0 Å². The van der Waals surface area contributed by atoms with Gasteiger partial charge >= 0.3 is 12.0 Å². The van der Waals surface area contributed by atoms with E-state index in [9.17, 15) is 0 Å². The second-order valence-corrected chi connectivity index (χ2v) is 4.34. The van der Waals surface area contributed by atoms with E-state index >= 15 is 0 Å². The molecule has 0 aliphatic heterocycles. The van der Waals surface area contributed by atoms with Gasteiger partial charge in [-0.2, -0.15) is 9.97 Å². The maximum absolute atomic E-state index is 5.73. The van der Waals surface area contributed by atoms with Gasteiger partial charge in [0.05, 0.1) is 6.61 Å². The molecular formula is C10H10ClN3O2S. The van der Waals surface area contributed by atoms with Crippen molar-refractivity contribution < 1.29 is 9.47 Å². The summed E-state index contributed by atoms with van der Waals surface area (Å²) in [6.45, 7) is 2.71. The summed E-state index contributed by atoms with van der Waals surface area (Å²) in [7, 11) is 0. The summed E-state index contributed by atoms with van der Waals surface area (Å²) in [5.41, 5.74) is 0. The Bertz CT molecular complexity index is 478. The Labute approximate surface area is 107 Å². The molecule has 0 fully saturated rings. The molecule has 0 N–H and O–H groups in total. The van der Waals surface area contributed by atoms with Crippen molar-refractivity contribution in [1.82, 2.24) is 15.0 Å². The van der Waals surface area contributed by atoms with Crippen LogP contribution in [0.2, 0.25) is 5.28 Å². The molecule has 0 aromatic carbocycles. The zero-order valence-electron chi connectivity index (χ0n) is 9.09. The van der Waals surface area contributed by atoms with E-state index in [-0.39, 0.29) is 17.3 Å². The molecule has 2 aromatic heterocycles. The van der Waals surface area contributed by atoms with Crippen molar-refractivity contribution in [2.75, 3.05) is 6.61 Å². The summed E-state index contributed by atoms with van der Waals surface area (Å²) < 4.78 is 10.5. The van der Waals surface area contributed by atoms with Gasteiger partial charge in [0.2, 0.25) is 5.28 Å². The van der Waals surface area contributed by atoms with Crippen LogP contribution in [0, 0.1) is 0 Å². The van der Waals surface area contributed by atoms with Crippen LogP contribution >= 0.6 is 22.9 Å². The summed E-state index contributed by atoms with van der Waals surface area (Å²) in [6.07, 6.45) is 0. The molecule has 2 rings (SSSR count). The Hall–Kier alpha value is -1.40. The predicted molar refractivity (Wildman–Crippen MR) is 64.7 cm³/mol. The summed E-state index contributed by atoms with van der Waals surface area (Å²) in [4.78, 5) is 12.7. The van der Waals surface area contributed by atoms with Gasteiger partial charge in [0.1, 0.15) is 6.61 Å². The number of thiophene rings is 1. The van der Waals surface area contributed by atoms with Crippen LogP contribution in [-0.2, 0) is 6.61 Å². The number of hydrogen-bond acceptors (Lipinski definition) is 6. The van der Waals surface area contributed by atoms with Crippen molar-refractivity contribution in [3.8, 4) is 12.0 Å². The van der Waals surface area contributed by atoms with E-state index in [1.165, 1.54) is 0 Å². The van der Waals surface area contributed by atoms with E-state index in [1.54, 1.807) is 11.3 Å². The molecule has 0 saturated heterocycles. The summed E-state index contributed by atoms with van der Waals surface area (Å²) >= 11 is 7.33. The molecule has 2 heterocycles. The van der Waals surface area contributed by atoms with Gasteiger partial charge in [-0.05, 0) is 30.0 Å². The summed E-state index contributed by atoms with van der Waals surface area (Å²) in [5, 5.41) is 2.04. The lowest BCUT2D eigenvalue weighted by Gasteiger charge is -2.05.